The van der Waals surface area contributed by atoms with Gasteiger partial charge >= 0.3 is 0 Å². The first-order valence-electron chi connectivity index (χ1n) is 8.71. The molecule has 1 amide bonds. The maximum absolute atomic E-state index is 12.4. The number of nitrogens with zero attached hydrogens (tertiary/aromatic N) is 2. The number of benzene rings is 1. The fraction of sp³-hybridized carbons (Fsp3) is 0.474. The largest absolute Gasteiger partial charge is 0.440 e. The molecule has 2 atom stereocenters. The highest BCUT2D eigenvalue weighted by atomic mass is 35.5. The van der Waals surface area contributed by atoms with E-state index < -0.39 is 0 Å². The Morgan fingerprint density at radius 3 is 2.50 bits per heavy atom. The fourth-order valence-electron chi connectivity index (χ4n) is 3.85. The molecule has 2 aliphatic heterocycles. The number of rotatable bonds is 4. The number of carbonyl (C=O) groups is 1. The molecule has 4 rings (SSSR count). The standard InChI is InChI=1S/C19H23N3O2.2ClH/c1-13-19(14-5-3-2-4-6-14)24-17(21-13)7-8-18(23)22-11-15-9-20-10-16(15)12-22;;/h2-6,15-16,20H,7-12H2,1H3;2*1H/t15-,16+;;. The van der Waals surface area contributed by atoms with Crippen molar-refractivity contribution in [2.24, 2.45) is 11.8 Å². The van der Waals surface area contributed by atoms with Crippen LogP contribution in [0.4, 0.5) is 0 Å². The van der Waals surface area contributed by atoms with Crippen molar-refractivity contribution in [3.63, 3.8) is 0 Å². The van der Waals surface area contributed by atoms with Gasteiger partial charge in [-0.1, -0.05) is 30.3 Å². The highest BCUT2D eigenvalue weighted by Crippen LogP contribution is 2.27. The van der Waals surface area contributed by atoms with Gasteiger partial charge in [-0.05, 0) is 18.8 Å². The predicted octanol–water partition coefficient (Wildman–Crippen LogP) is 3.10. The second-order valence-corrected chi connectivity index (χ2v) is 6.87. The number of amides is 1. The smallest absolute Gasteiger partial charge is 0.223 e. The van der Waals surface area contributed by atoms with Gasteiger partial charge in [-0.2, -0.15) is 0 Å². The Morgan fingerprint density at radius 1 is 1.19 bits per heavy atom. The van der Waals surface area contributed by atoms with Gasteiger partial charge in [-0.3, -0.25) is 4.79 Å². The molecule has 3 heterocycles. The van der Waals surface area contributed by atoms with Crippen molar-refractivity contribution in [2.75, 3.05) is 26.2 Å². The van der Waals surface area contributed by atoms with Crippen molar-refractivity contribution < 1.29 is 9.21 Å². The van der Waals surface area contributed by atoms with Crippen molar-refractivity contribution in [3.8, 4) is 11.3 Å². The van der Waals surface area contributed by atoms with E-state index in [1.807, 2.05) is 42.2 Å². The summed E-state index contributed by atoms with van der Waals surface area (Å²) in [7, 11) is 0. The van der Waals surface area contributed by atoms with Crippen LogP contribution in [0.1, 0.15) is 18.0 Å². The van der Waals surface area contributed by atoms with Crippen LogP contribution in [0.25, 0.3) is 11.3 Å². The van der Waals surface area contributed by atoms with Crippen LogP contribution >= 0.6 is 24.8 Å². The Bertz CT molecular complexity index is 724. The molecule has 2 saturated heterocycles. The van der Waals surface area contributed by atoms with Gasteiger partial charge in [0.05, 0.1) is 5.69 Å². The number of carbonyl (C=O) groups excluding carboxylic acids is 1. The van der Waals surface area contributed by atoms with Gasteiger partial charge in [0, 0.05) is 44.6 Å². The third-order valence-corrected chi connectivity index (χ3v) is 5.17. The zero-order chi connectivity index (χ0) is 16.5. The summed E-state index contributed by atoms with van der Waals surface area (Å²) in [6, 6.07) is 9.98. The number of halogens is 2. The Balaban J connectivity index is 0.00000121. The summed E-state index contributed by atoms with van der Waals surface area (Å²) in [6.45, 7) is 5.85. The number of aryl methyl sites for hydroxylation is 2. The van der Waals surface area contributed by atoms with E-state index in [1.165, 1.54) is 0 Å². The molecule has 142 valence electrons. The molecule has 1 aromatic carbocycles. The monoisotopic (exact) mass is 397 g/mol. The van der Waals surface area contributed by atoms with Crippen LogP contribution < -0.4 is 5.32 Å². The zero-order valence-corrected chi connectivity index (χ0v) is 16.4. The summed E-state index contributed by atoms with van der Waals surface area (Å²) in [4.78, 5) is 19.0. The Kier molecular flexibility index (Phi) is 7.09. The Hall–Kier alpha value is -1.56. The van der Waals surface area contributed by atoms with Gasteiger partial charge in [-0.25, -0.2) is 4.98 Å². The average molecular weight is 398 g/mol. The van der Waals surface area contributed by atoms with E-state index in [0.717, 1.165) is 43.2 Å². The summed E-state index contributed by atoms with van der Waals surface area (Å²) in [5.74, 6) is 2.97. The first kappa shape index (κ1) is 20.7. The highest BCUT2D eigenvalue weighted by Gasteiger charge is 2.37. The normalized spacial score (nSPS) is 21.0. The summed E-state index contributed by atoms with van der Waals surface area (Å²) >= 11 is 0. The molecule has 26 heavy (non-hydrogen) atoms. The maximum Gasteiger partial charge on any atom is 0.223 e. The number of fused-ring (bicyclic) bond motifs is 1. The second kappa shape index (κ2) is 8.89. The van der Waals surface area contributed by atoms with E-state index in [0.29, 0.717) is 30.6 Å². The number of aromatic nitrogens is 1. The van der Waals surface area contributed by atoms with Crippen LogP contribution in [0.3, 0.4) is 0 Å². The van der Waals surface area contributed by atoms with Gasteiger partial charge in [0.1, 0.15) is 0 Å². The molecule has 5 nitrogen and oxygen atoms in total. The van der Waals surface area contributed by atoms with Gasteiger partial charge < -0.3 is 14.6 Å². The van der Waals surface area contributed by atoms with Gasteiger partial charge in [0.25, 0.3) is 0 Å². The van der Waals surface area contributed by atoms with Crippen LogP contribution in [-0.2, 0) is 11.2 Å². The van der Waals surface area contributed by atoms with Gasteiger partial charge in [0.2, 0.25) is 5.91 Å². The topological polar surface area (TPSA) is 58.4 Å². The zero-order valence-electron chi connectivity index (χ0n) is 14.8. The van der Waals surface area contributed by atoms with Crippen LogP contribution in [-0.4, -0.2) is 42.0 Å². The van der Waals surface area contributed by atoms with E-state index in [1.54, 1.807) is 0 Å². The van der Waals surface area contributed by atoms with Crippen molar-refractivity contribution in [1.82, 2.24) is 15.2 Å². The van der Waals surface area contributed by atoms with E-state index in [9.17, 15) is 4.79 Å². The minimum Gasteiger partial charge on any atom is -0.440 e. The first-order valence-corrected chi connectivity index (χ1v) is 8.71. The summed E-state index contributed by atoms with van der Waals surface area (Å²) < 4.78 is 5.90. The maximum atomic E-state index is 12.4. The molecule has 0 saturated carbocycles. The van der Waals surface area contributed by atoms with Crippen LogP contribution in [0.5, 0.6) is 0 Å². The van der Waals surface area contributed by atoms with Crippen molar-refractivity contribution >= 4 is 30.7 Å². The molecular formula is C19H25Cl2N3O2. The lowest BCUT2D eigenvalue weighted by Crippen LogP contribution is -2.32. The van der Waals surface area contributed by atoms with Gasteiger partial charge in [-0.15, -0.1) is 24.8 Å². The molecule has 0 unspecified atom stereocenters. The molecule has 2 fully saturated rings. The van der Waals surface area contributed by atoms with Crippen molar-refractivity contribution in [2.45, 2.75) is 19.8 Å². The van der Waals surface area contributed by atoms with E-state index >= 15 is 0 Å². The second-order valence-electron chi connectivity index (χ2n) is 6.87. The molecule has 0 bridgehead atoms. The fourth-order valence-corrected chi connectivity index (χ4v) is 3.85. The molecule has 1 aromatic heterocycles. The van der Waals surface area contributed by atoms with Crippen molar-refractivity contribution in [3.05, 3.63) is 41.9 Å². The van der Waals surface area contributed by atoms with Crippen LogP contribution in [0.2, 0.25) is 0 Å². The number of hydrogen-bond acceptors (Lipinski definition) is 4. The van der Waals surface area contributed by atoms with Crippen molar-refractivity contribution in [1.29, 1.82) is 0 Å². The minimum atomic E-state index is 0. The SMILES string of the molecule is Cc1nc(CCC(=O)N2C[C@H]3CNC[C@H]3C2)oc1-c1ccccc1.Cl.Cl. The lowest BCUT2D eigenvalue weighted by molar-refractivity contribution is -0.130. The summed E-state index contributed by atoms with van der Waals surface area (Å²) in [5, 5.41) is 3.40. The lowest BCUT2D eigenvalue weighted by Gasteiger charge is -2.16. The minimum absolute atomic E-state index is 0. The highest BCUT2D eigenvalue weighted by molar-refractivity contribution is 5.85. The number of nitrogens with one attached hydrogen (secondary N) is 1. The summed E-state index contributed by atoms with van der Waals surface area (Å²) in [6.07, 6.45) is 1.04. The molecule has 7 heteroatoms. The molecule has 2 aliphatic rings. The Labute approximate surface area is 166 Å². The molecule has 2 aromatic rings. The van der Waals surface area contributed by atoms with E-state index in [-0.39, 0.29) is 30.7 Å². The average Bonchev–Trinajstić information content (AvgIpc) is 3.27. The van der Waals surface area contributed by atoms with Crippen LogP contribution in [0.15, 0.2) is 34.7 Å². The quantitative estimate of drug-likeness (QED) is 0.860. The summed E-state index contributed by atoms with van der Waals surface area (Å²) in [5.41, 5.74) is 1.91. The number of hydrogen-bond donors (Lipinski definition) is 1. The lowest BCUT2D eigenvalue weighted by atomic mass is 10.0. The third-order valence-electron chi connectivity index (χ3n) is 5.17. The number of likely N-dealkylation sites (tertiary alicyclic amines) is 1. The van der Waals surface area contributed by atoms with E-state index in [4.69, 9.17) is 4.42 Å². The first-order chi connectivity index (χ1) is 11.7. The molecule has 1 N–H and O–H groups in total. The predicted molar refractivity (Wildman–Crippen MR) is 106 cm³/mol. The van der Waals surface area contributed by atoms with Gasteiger partial charge in [0.15, 0.2) is 11.7 Å². The molecule has 0 spiro atoms. The molecular weight excluding hydrogens is 373 g/mol. The molecule has 0 radical (unpaired) electrons. The Morgan fingerprint density at radius 2 is 1.85 bits per heavy atom. The molecule has 0 aliphatic carbocycles. The van der Waals surface area contributed by atoms with E-state index in [2.05, 4.69) is 10.3 Å². The number of oxazole rings is 1. The van der Waals surface area contributed by atoms with Crippen LogP contribution in [0, 0.1) is 18.8 Å². The third kappa shape index (κ3) is 4.22.